The molecule has 2 aromatic rings. The van der Waals surface area contributed by atoms with E-state index < -0.39 is 35.7 Å². The maximum Gasteiger partial charge on any atom is 0.325 e. The van der Waals surface area contributed by atoms with Crippen molar-refractivity contribution in [3.05, 3.63) is 35.2 Å². The molecule has 1 aromatic carbocycles. The van der Waals surface area contributed by atoms with Crippen LogP contribution in [0, 0.1) is 23.0 Å². The molecule has 2 atom stereocenters. The maximum absolute atomic E-state index is 14.0. The van der Waals surface area contributed by atoms with Crippen LogP contribution in [0.4, 0.5) is 18.7 Å². The van der Waals surface area contributed by atoms with Crippen molar-refractivity contribution in [2.75, 3.05) is 11.9 Å². The van der Waals surface area contributed by atoms with E-state index in [4.69, 9.17) is 0 Å². The molecule has 7 nitrogen and oxygen atoms in total. The first-order valence-corrected chi connectivity index (χ1v) is 11.2. The molecule has 1 aliphatic heterocycles. The Morgan fingerprint density at radius 1 is 1.31 bits per heavy atom. The average molecular weight is 463 g/mol. The molecule has 1 aliphatic carbocycles. The molecule has 2 fully saturated rings. The molecule has 4 rings (SSSR count). The van der Waals surface area contributed by atoms with Crippen molar-refractivity contribution in [3.63, 3.8) is 0 Å². The lowest BCUT2D eigenvalue weighted by Crippen LogP contribution is -2.54. The SMILES string of the molecule is CC1CC(C)(C)CC2(C1)NC(=O)N(CC(=O)Nc1nc(-c3cc(F)ccc3F)cs1)C2=O. The molecular formula is C22H24F2N4O3S. The van der Waals surface area contributed by atoms with Gasteiger partial charge in [-0.1, -0.05) is 20.8 Å². The minimum Gasteiger partial charge on any atom is -0.323 e. The monoisotopic (exact) mass is 462 g/mol. The normalized spacial score (nSPS) is 24.7. The zero-order chi connectivity index (χ0) is 23.3. The molecule has 0 bridgehead atoms. The largest absolute Gasteiger partial charge is 0.325 e. The number of urea groups is 1. The van der Waals surface area contributed by atoms with Gasteiger partial charge in [0.2, 0.25) is 5.91 Å². The number of hydrogen-bond acceptors (Lipinski definition) is 5. The summed E-state index contributed by atoms with van der Waals surface area (Å²) in [4.78, 5) is 43.3. The summed E-state index contributed by atoms with van der Waals surface area (Å²) < 4.78 is 27.4. The second kappa shape index (κ2) is 7.91. The summed E-state index contributed by atoms with van der Waals surface area (Å²) >= 11 is 1.03. The number of carbonyl (C=O) groups is 3. The number of anilines is 1. The Balaban J connectivity index is 1.45. The molecule has 4 amide bonds. The van der Waals surface area contributed by atoms with Crippen LogP contribution in [-0.4, -0.2) is 39.8 Å². The number of carbonyl (C=O) groups excluding carboxylic acids is 3. The van der Waals surface area contributed by atoms with Crippen molar-refractivity contribution in [2.24, 2.45) is 11.3 Å². The van der Waals surface area contributed by atoms with E-state index in [0.29, 0.717) is 12.8 Å². The molecule has 1 spiro atoms. The minimum absolute atomic E-state index is 0.0215. The Morgan fingerprint density at radius 2 is 2.06 bits per heavy atom. The number of rotatable bonds is 4. The standard InChI is InChI=1S/C22H24F2N4O3S/c1-12-7-21(2,3)11-22(8-12)18(30)28(20(31)27-22)9-17(29)26-19-25-16(10-32-19)14-6-13(23)4-5-15(14)24/h4-6,10,12H,7-9,11H2,1-3H3,(H,27,31)(H,25,26,29). The first-order chi connectivity index (χ1) is 15.0. The van der Waals surface area contributed by atoms with Gasteiger partial charge in [-0.05, 0) is 48.8 Å². The van der Waals surface area contributed by atoms with Crippen molar-refractivity contribution in [1.29, 1.82) is 0 Å². The maximum atomic E-state index is 14.0. The van der Waals surface area contributed by atoms with E-state index in [1.165, 1.54) is 5.38 Å². The predicted octanol–water partition coefficient (Wildman–Crippen LogP) is 4.16. The Hall–Kier alpha value is -2.88. The van der Waals surface area contributed by atoms with Crippen LogP contribution in [0.5, 0.6) is 0 Å². The average Bonchev–Trinajstić information content (AvgIpc) is 3.20. The predicted molar refractivity (Wildman–Crippen MR) is 116 cm³/mol. The number of halogens is 2. The van der Waals surface area contributed by atoms with Crippen molar-refractivity contribution in [1.82, 2.24) is 15.2 Å². The quantitative estimate of drug-likeness (QED) is 0.668. The van der Waals surface area contributed by atoms with Gasteiger partial charge in [-0.25, -0.2) is 18.6 Å². The van der Waals surface area contributed by atoms with Crippen molar-refractivity contribution in [3.8, 4) is 11.3 Å². The fourth-order valence-corrected chi connectivity index (χ4v) is 5.83. The van der Waals surface area contributed by atoms with Crippen LogP contribution in [0.25, 0.3) is 11.3 Å². The molecular weight excluding hydrogens is 438 g/mol. The highest BCUT2D eigenvalue weighted by Gasteiger charge is 2.56. The zero-order valence-corrected chi connectivity index (χ0v) is 18.8. The summed E-state index contributed by atoms with van der Waals surface area (Å²) in [6.45, 7) is 5.74. The number of amides is 4. The van der Waals surface area contributed by atoms with Crippen molar-refractivity contribution in [2.45, 2.75) is 45.6 Å². The number of hydrogen-bond donors (Lipinski definition) is 2. The van der Waals surface area contributed by atoms with Gasteiger partial charge in [-0.2, -0.15) is 0 Å². The lowest BCUT2D eigenvalue weighted by atomic mass is 9.64. The van der Waals surface area contributed by atoms with Gasteiger partial charge in [0.05, 0.1) is 5.69 Å². The van der Waals surface area contributed by atoms with Gasteiger partial charge in [-0.3, -0.25) is 14.5 Å². The number of nitrogens with one attached hydrogen (secondary N) is 2. The van der Waals surface area contributed by atoms with Crippen LogP contribution in [0.15, 0.2) is 23.6 Å². The number of imide groups is 1. The second-order valence-corrected chi connectivity index (χ2v) is 10.3. The van der Waals surface area contributed by atoms with Crippen LogP contribution in [0.2, 0.25) is 0 Å². The van der Waals surface area contributed by atoms with Crippen LogP contribution in [0.3, 0.4) is 0 Å². The summed E-state index contributed by atoms with van der Waals surface area (Å²) in [5.74, 6) is -1.97. The molecule has 170 valence electrons. The smallest absolute Gasteiger partial charge is 0.323 e. The van der Waals surface area contributed by atoms with Crippen LogP contribution in [-0.2, 0) is 9.59 Å². The number of benzene rings is 1. The Kier molecular flexibility index (Phi) is 5.52. The lowest BCUT2D eigenvalue weighted by molar-refractivity contribution is -0.136. The molecule has 2 unspecified atom stereocenters. The summed E-state index contributed by atoms with van der Waals surface area (Å²) in [6, 6.07) is 2.45. The van der Waals surface area contributed by atoms with Gasteiger partial charge in [0.15, 0.2) is 5.13 Å². The van der Waals surface area contributed by atoms with Crippen LogP contribution >= 0.6 is 11.3 Å². The molecule has 2 N–H and O–H groups in total. The highest BCUT2D eigenvalue weighted by Crippen LogP contribution is 2.46. The fourth-order valence-electron chi connectivity index (χ4n) is 5.10. The number of thiazole rings is 1. The van der Waals surface area contributed by atoms with E-state index in [2.05, 4.69) is 36.4 Å². The van der Waals surface area contributed by atoms with Gasteiger partial charge < -0.3 is 10.6 Å². The number of aromatic nitrogens is 1. The third-order valence-electron chi connectivity index (χ3n) is 5.88. The zero-order valence-electron chi connectivity index (χ0n) is 18.0. The van der Waals surface area contributed by atoms with Crippen LogP contribution in [0.1, 0.15) is 40.0 Å². The number of nitrogens with zero attached hydrogens (tertiary/aromatic N) is 2. The molecule has 2 heterocycles. The first-order valence-electron chi connectivity index (χ1n) is 10.3. The van der Waals surface area contributed by atoms with Crippen molar-refractivity contribution >= 4 is 34.3 Å². The van der Waals surface area contributed by atoms with Gasteiger partial charge in [0, 0.05) is 10.9 Å². The molecule has 0 radical (unpaired) electrons. The summed E-state index contributed by atoms with van der Waals surface area (Å²) in [5.41, 5.74) is -0.939. The van der Waals surface area contributed by atoms with Gasteiger partial charge in [0.25, 0.3) is 5.91 Å². The second-order valence-electron chi connectivity index (χ2n) is 9.47. The first kappa shape index (κ1) is 22.3. The van der Waals surface area contributed by atoms with E-state index in [-0.39, 0.29) is 33.6 Å². The molecule has 1 saturated heterocycles. The van der Waals surface area contributed by atoms with E-state index in [0.717, 1.165) is 40.9 Å². The third kappa shape index (κ3) is 4.23. The van der Waals surface area contributed by atoms with Gasteiger partial charge >= 0.3 is 6.03 Å². The third-order valence-corrected chi connectivity index (χ3v) is 6.64. The topological polar surface area (TPSA) is 91.4 Å². The van der Waals surface area contributed by atoms with Crippen LogP contribution < -0.4 is 10.6 Å². The summed E-state index contributed by atoms with van der Waals surface area (Å²) in [7, 11) is 0. The van der Waals surface area contributed by atoms with E-state index >= 15 is 0 Å². The summed E-state index contributed by atoms with van der Waals surface area (Å²) in [5, 5.41) is 7.00. The minimum atomic E-state index is -0.984. The highest BCUT2D eigenvalue weighted by molar-refractivity contribution is 7.14. The molecule has 10 heteroatoms. The lowest BCUT2D eigenvalue weighted by Gasteiger charge is -2.43. The van der Waals surface area contributed by atoms with Crippen molar-refractivity contribution < 1.29 is 23.2 Å². The Labute approximate surface area is 188 Å². The Bertz CT molecular complexity index is 1100. The summed E-state index contributed by atoms with van der Waals surface area (Å²) in [6.07, 6.45) is 2.01. The van der Waals surface area contributed by atoms with Gasteiger partial charge in [-0.15, -0.1) is 11.3 Å². The fraction of sp³-hybridized carbons (Fsp3) is 0.455. The Morgan fingerprint density at radius 3 is 2.78 bits per heavy atom. The molecule has 1 saturated carbocycles. The van der Waals surface area contributed by atoms with E-state index in [9.17, 15) is 23.2 Å². The van der Waals surface area contributed by atoms with E-state index in [1.807, 2.05) is 0 Å². The molecule has 32 heavy (non-hydrogen) atoms. The molecule has 1 aromatic heterocycles. The van der Waals surface area contributed by atoms with Gasteiger partial charge in [0.1, 0.15) is 23.7 Å². The highest BCUT2D eigenvalue weighted by atomic mass is 32.1. The van der Waals surface area contributed by atoms with E-state index in [1.54, 1.807) is 0 Å². The molecule has 2 aliphatic rings.